The number of aromatic carboxylic acids is 1. The number of carboxylic acid groups (broad SMARTS) is 1. The number of amides is 1. The highest BCUT2D eigenvalue weighted by Crippen LogP contribution is 2.17. The van der Waals surface area contributed by atoms with Crippen molar-refractivity contribution in [3.8, 4) is 5.75 Å². The predicted octanol–water partition coefficient (Wildman–Crippen LogP) is 1.54. The predicted molar refractivity (Wildman–Crippen MR) is 82.6 cm³/mol. The maximum Gasteiger partial charge on any atom is 0.335 e. The number of ether oxygens (including phenoxy) is 1. The van der Waals surface area contributed by atoms with Gasteiger partial charge in [-0.2, -0.15) is 0 Å². The Labute approximate surface area is 133 Å². The molecule has 2 aromatic rings. The molecule has 0 saturated carbocycles. The number of benzene rings is 1. The Bertz CT molecular complexity index is 704. The summed E-state index contributed by atoms with van der Waals surface area (Å²) in [6.07, 6.45) is 5.33. The smallest absolute Gasteiger partial charge is 0.335 e. The van der Waals surface area contributed by atoms with Crippen LogP contribution < -0.4 is 10.1 Å². The fourth-order valence-electron chi connectivity index (χ4n) is 2.08. The monoisotopic (exact) mass is 315 g/mol. The van der Waals surface area contributed by atoms with Gasteiger partial charge in [0.2, 0.25) is 0 Å². The van der Waals surface area contributed by atoms with E-state index in [0.717, 1.165) is 5.69 Å². The highest BCUT2D eigenvalue weighted by atomic mass is 16.5. The molecule has 0 unspecified atom stereocenters. The lowest BCUT2D eigenvalue weighted by Gasteiger charge is -2.14. The summed E-state index contributed by atoms with van der Waals surface area (Å²) >= 11 is 0. The molecule has 0 aliphatic rings. The molecule has 0 saturated heterocycles. The molecule has 0 spiro atoms. The van der Waals surface area contributed by atoms with Crippen molar-refractivity contribution in [3.63, 3.8) is 0 Å². The van der Waals surface area contributed by atoms with Gasteiger partial charge in [-0.15, -0.1) is 0 Å². The van der Waals surface area contributed by atoms with Gasteiger partial charge in [0.1, 0.15) is 5.75 Å². The van der Waals surface area contributed by atoms with Crippen LogP contribution in [0.3, 0.4) is 0 Å². The van der Waals surface area contributed by atoms with Gasteiger partial charge in [0.05, 0.1) is 18.4 Å². The first-order valence-electron chi connectivity index (χ1n) is 6.97. The van der Waals surface area contributed by atoms with Crippen LogP contribution in [0.2, 0.25) is 0 Å². The zero-order chi connectivity index (χ0) is 16.8. The number of rotatable bonds is 6. The van der Waals surface area contributed by atoms with Crippen LogP contribution in [0.25, 0.3) is 0 Å². The number of nitrogens with zero attached hydrogens (tertiary/aromatic N) is 2. The fourth-order valence-corrected chi connectivity index (χ4v) is 2.08. The number of carbonyl (C=O) groups excluding carboxylic acids is 1. The van der Waals surface area contributed by atoms with Crippen molar-refractivity contribution >= 4 is 11.9 Å². The van der Waals surface area contributed by atoms with Crippen LogP contribution in [0.4, 0.5) is 0 Å². The van der Waals surface area contributed by atoms with Crippen molar-refractivity contribution in [2.45, 2.75) is 19.4 Å². The number of carboxylic acids is 1. The van der Waals surface area contributed by atoms with Crippen LogP contribution in [-0.4, -0.2) is 40.1 Å². The van der Waals surface area contributed by atoms with Crippen molar-refractivity contribution in [2.75, 3.05) is 7.11 Å². The summed E-state index contributed by atoms with van der Waals surface area (Å²) in [7, 11) is 1.42. The van der Waals surface area contributed by atoms with Gasteiger partial charge in [0.15, 0.2) is 0 Å². The molecule has 2 N–H and O–H groups in total. The second-order valence-electron chi connectivity index (χ2n) is 5.03. The van der Waals surface area contributed by atoms with Crippen molar-refractivity contribution in [3.05, 3.63) is 53.6 Å². The van der Waals surface area contributed by atoms with E-state index in [1.807, 2.05) is 6.92 Å². The Hall–Kier alpha value is -2.96. The Morgan fingerprint density at radius 3 is 2.61 bits per heavy atom. The minimum Gasteiger partial charge on any atom is -0.497 e. The first-order valence-corrected chi connectivity index (χ1v) is 6.97. The van der Waals surface area contributed by atoms with Gasteiger partial charge < -0.3 is 15.2 Å². The van der Waals surface area contributed by atoms with Crippen LogP contribution in [0, 0.1) is 0 Å². The molecule has 1 heterocycles. The van der Waals surface area contributed by atoms with Crippen molar-refractivity contribution < 1.29 is 19.4 Å². The van der Waals surface area contributed by atoms with E-state index in [4.69, 9.17) is 9.84 Å². The van der Waals surface area contributed by atoms with Gasteiger partial charge in [-0.25, -0.2) is 4.79 Å². The largest absolute Gasteiger partial charge is 0.497 e. The van der Waals surface area contributed by atoms with Crippen LogP contribution in [0.5, 0.6) is 5.75 Å². The van der Waals surface area contributed by atoms with Gasteiger partial charge in [-0.05, 0) is 25.1 Å². The zero-order valence-corrected chi connectivity index (χ0v) is 12.8. The first kappa shape index (κ1) is 16.4. The lowest BCUT2D eigenvalue weighted by Crippen LogP contribution is -2.34. The average Bonchev–Trinajstić information content (AvgIpc) is 2.55. The number of aromatic nitrogens is 2. The Morgan fingerprint density at radius 1 is 1.26 bits per heavy atom. The number of methoxy groups -OCH3 is 1. The molecule has 0 radical (unpaired) electrons. The summed E-state index contributed by atoms with van der Waals surface area (Å²) < 4.78 is 5.03. The first-order chi connectivity index (χ1) is 11.0. The molecule has 0 aliphatic carbocycles. The van der Waals surface area contributed by atoms with Crippen molar-refractivity contribution in [1.29, 1.82) is 0 Å². The van der Waals surface area contributed by atoms with Crippen LogP contribution >= 0.6 is 0 Å². The number of hydrogen-bond donors (Lipinski definition) is 2. The van der Waals surface area contributed by atoms with Gasteiger partial charge in [-0.3, -0.25) is 14.8 Å². The summed E-state index contributed by atoms with van der Waals surface area (Å²) in [6.45, 7) is 1.84. The lowest BCUT2D eigenvalue weighted by atomic mass is 10.1. The Balaban J connectivity index is 2.10. The summed E-state index contributed by atoms with van der Waals surface area (Å²) in [5.41, 5.74) is 0.987. The third-order valence-corrected chi connectivity index (χ3v) is 3.16. The number of carbonyl (C=O) groups is 2. The molecule has 0 aliphatic heterocycles. The highest BCUT2D eigenvalue weighted by Gasteiger charge is 2.15. The molecule has 120 valence electrons. The molecule has 1 amide bonds. The van der Waals surface area contributed by atoms with Crippen LogP contribution in [-0.2, 0) is 6.42 Å². The molecule has 0 bridgehead atoms. The van der Waals surface area contributed by atoms with Crippen LogP contribution in [0.15, 0.2) is 36.8 Å². The summed E-state index contributed by atoms with van der Waals surface area (Å²) in [5, 5.41) is 11.9. The summed E-state index contributed by atoms with van der Waals surface area (Å²) in [6, 6.07) is 3.99. The molecule has 23 heavy (non-hydrogen) atoms. The van der Waals surface area contributed by atoms with Gasteiger partial charge in [-0.1, -0.05) is 0 Å². The standard InChI is InChI=1S/C16H17N3O4/c1-10(5-13-9-17-3-4-18-13)19-15(20)11-6-12(16(21)22)8-14(7-11)23-2/h3-4,6-10H,5H2,1-2H3,(H,19,20)(H,21,22)/t10-/m1/s1. The van der Waals surface area contributed by atoms with Gasteiger partial charge >= 0.3 is 5.97 Å². The van der Waals surface area contributed by atoms with E-state index >= 15 is 0 Å². The third-order valence-electron chi connectivity index (χ3n) is 3.16. The van der Waals surface area contributed by atoms with Crippen molar-refractivity contribution in [2.24, 2.45) is 0 Å². The minimum atomic E-state index is -1.12. The fraction of sp³-hybridized carbons (Fsp3) is 0.250. The Kier molecular flexibility index (Phi) is 5.24. The zero-order valence-electron chi connectivity index (χ0n) is 12.8. The molecule has 0 fully saturated rings. The minimum absolute atomic E-state index is 0.00363. The van der Waals surface area contributed by atoms with E-state index in [0.29, 0.717) is 12.2 Å². The maximum absolute atomic E-state index is 12.3. The van der Waals surface area contributed by atoms with Gasteiger partial charge in [0, 0.05) is 36.6 Å². The topological polar surface area (TPSA) is 101 Å². The summed E-state index contributed by atoms with van der Waals surface area (Å²) in [5.74, 6) is -1.18. The second kappa shape index (κ2) is 7.35. The lowest BCUT2D eigenvalue weighted by molar-refractivity contribution is 0.0696. The summed E-state index contributed by atoms with van der Waals surface area (Å²) in [4.78, 5) is 31.5. The molecule has 1 atom stereocenters. The average molecular weight is 315 g/mol. The Morgan fingerprint density at radius 2 is 2.00 bits per heavy atom. The van der Waals surface area contributed by atoms with Crippen molar-refractivity contribution in [1.82, 2.24) is 15.3 Å². The number of hydrogen-bond acceptors (Lipinski definition) is 5. The third kappa shape index (κ3) is 4.50. The molecule has 1 aromatic carbocycles. The van der Waals surface area contributed by atoms with E-state index in [9.17, 15) is 9.59 Å². The molecular formula is C16H17N3O4. The SMILES string of the molecule is COc1cc(C(=O)O)cc(C(=O)N[C@H](C)Cc2cnccn2)c1. The number of nitrogens with one attached hydrogen (secondary N) is 1. The quantitative estimate of drug-likeness (QED) is 0.838. The van der Waals surface area contributed by atoms with Crippen LogP contribution in [0.1, 0.15) is 33.3 Å². The van der Waals surface area contributed by atoms with E-state index in [1.165, 1.54) is 25.3 Å². The van der Waals surface area contributed by atoms with E-state index in [1.54, 1.807) is 18.6 Å². The second-order valence-corrected chi connectivity index (χ2v) is 5.03. The highest BCUT2D eigenvalue weighted by molar-refractivity contribution is 5.98. The van der Waals surface area contributed by atoms with E-state index in [-0.39, 0.29) is 23.1 Å². The molecule has 2 rings (SSSR count). The molecular weight excluding hydrogens is 298 g/mol. The van der Waals surface area contributed by atoms with Gasteiger partial charge in [0.25, 0.3) is 5.91 Å². The van der Waals surface area contributed by atoms with E-state index in [2.05, 4.69) is 15.3 Å². The maximum atomic E-state index is 12.3. The normalized spacial score (nSPS) is 11.6. The molecule has 7 heteroatoms. The molecule has 7 nitrogen and oxygen atoms in total. The van der Waals surface area contributed by atoms with E-state index < -0.39 is 5.97 Å². The molecule has 1 aromatic heterocycles.